The van der Waals surface area contributed by atoms with Gasteiger partial charge in [-0.05, 0) is 24.5 Å². The van der Waals surface area contributed by atoms with Gasteiger partial charge >= 0.3 is 0 Å². The summed E-state index contributed by atoms with van der Waals surface area (Å²) < 4.78 is 5.98. The molecule has 2 heterocycles. The molecule has 2 rings (SSSR count). The van der Waals surface area contributed by atoms with Crippen molar-refractivity contribution in [2.45, 2.75) is 19.9 Å². The van der Waals surface area contributed by atoms with E-state index in [-0.39, 0.29) is 0 Å². The molecule has 0 aliphatic rings. The van der Waals surface area contributed by atoms with Crippen LogP contribution in [0.5, 0.6) is 0 Å². The van der Waals surface area contributed by atoms with Gasteiger partial charge in [0.15, 0.2) is 0 Å². The van der Waals surface area contributed by atoms with Crippen molar-refractivity contribution < 1.29 is 0 Å². The number of nitrogens with two attached hydrogens (primary N) is 1. The molecule has 0 bridgehead atoms. The van der Waals surface area contributed by atoms with Crippen LogP contribution in [0.25, 0.3) is 0 Å². The van der Waals surface area contributed by atoms with Gasteiger partial charge < -0.3 is 5.73 Å². The molecule has 0 radical (unpaired) electrons. The van der Waals surface area contributed by atoms with Gasteiger partial charge in [0, 0.05) is 35.8 Å². The molecule has 0 saturated heterocycles. The number of nitrogens with zero attached hydrogens (tertiary/aromatic N) is 3. The molecule has 0 spiro atoms. The zero-order valence-electron chi connectivity index (χ0n) is 7.97. The minimum atomic E-state index is 0.590. The fourth-order valence-corrected chi connectivity index (χ4v) is 1.91. The largest absolute Gasteiger partial charge is 0.382 e. The van der Waals surface area contributed by atoms with Gasteiger partial charge in [-0.2, -0.15) is 5.10 Å². The van der Waals surface area contributed by atoms with Crippen molar-refractivity contribution in [3.05, 3.63) is 28.9 Å². The Balaban J connectivity index is 2.01. The predicted molar refractivity (Wildman–Crippen MR) is 57.2 cm³/mol. The monoisotopic (exact) mass is 208 g/mol. The lowest BCUT2D eigenvalue weighted by molar-refractivity contribution is 0.604. The number of aromatic nitrogens is 3. The van der Waals surface area contributed by atoms with Gasteiger partial charge in [-0.1, -0.05) is 0 Å². The Morgan fingerprint density at radius 3 is 3.00 bits per heavy atom. The molecule has 2 N–H and O–H groups in total. The van der Waals surface area contributed by atoms with Crippen molar-refractivity contribution in [3.8, 4) is 0 Å². The molecule has 0 fully saturated rings. The second kappa shape index (κ2) is 3.79. The summed E-state index contributed by atoms with van der Waals surface area (Å²) >= 11 is 1.53. The first-order valence-corrected chi connectivity index (χ1v) is 5.22. The van der Waals surface area contributed by atoms with Gasteiger partial charge in [0.2, 0.25) is 0 Å². The molecule has 0 atom stereocenters. The number of anilines is 1. The molecule has 14 heavy (non-hydrogen) atoms. The highest BCUT2D eigenvalue weighted by Crippen LogP contribution is 2.09. The molecule has 0 aliphatic carbocycles. The highest BCUT2D eigenvalue weighted by Gasteiger charge is 2.01. The Labute approximate surface area is 86.5 Å². The average molecular weight is 208 g/mol. The molecular weight excluding hydrogens is 196 g/mol. The zero-order valence-corrected chi connectivity index (χ0v) is 8.79. The number of aryl methyl sites for hydroxylation is 3. The summed E-state index contributed by atoms with van der Waals surface area (Å²) in [6.45, 7) is 2.88. The maximum absolute atomic E-state index is 5.59. The van der Waals surface area contributed by atoms with E-state index in [0.29, 0.717) is 5.82 Å². The lowest BCUT2D eigenvalue weighted by Gasteiger charge is -2.01. The summed E-state index contributed by atoms with van der Waals surface area (Å²) in [5.41, 5.74) is 6.69. The molecule has 0 aliphatic heterocycles. The third-order valence-corrected chi connectivity index (χ3v) is 2.86. The Morgan fingerprint density at radius 1 is 1.57 bits per heavy atom. The van der Waals surface area contributed by atoms with Crippen molar-refractivity contribution in [1.82, 2.24) is 14.2 Å². The third-order valence-electron chi connectivity index (χ3n) is 2.06. The van der Waals surface area contributed by atoms with Crippen LogP contribution in [0.15, 0.2) is 18.3 Å². The lowest BCUT2D eigenvalue weighted by Crippen LogP contribution is -2.04. The summed E-state index contributed by atoms with van der Waals surface area (Å²) in [5, 5.41) is 4.19. The summed E-state index contributed by atoms with van der Waals surface area (Å²) in [6, 6.07) is 3.92. The first-order valence-electron chi connectivity index (χ1n) is 4.45. The molecule has 5 heteroatoms. The normalized spacial score (nSPS) is 10.6. The van der Waals surface area contributed by atoms with Crippen molar-refractivity contribution in [2.24, 2.45) is 0 Å². The van der Waals surface area contributed by atoms with E-state index >= 15 is 0 Å². The van der Waals surface area contributed by atoms with E-state index in [1.165, 1.54) is 16.4 Å². The SMILES string of the molecule is Cc1cc(N)nn1CCc1ccns1. The first-order chi connectivity index (χ1) is 6.75. The molecule has 74 valence electrons. The second-order valence-corrected chi connectivity index (χ2v) is 4.08. The van der Waals surface area contributed by atoms with E-state index in [1.54, 1.807) is 0 Å². The Morgan fingerprint density at radius 2 is 2.43 bits per heavy atom. The minimum absolute atomic E-state index is 0.590. The van der Waals surface area contributed by atoms with Crippen molar-refractivity contribution >= 4 is 17.4 Å². The molecule has 0 saturated carbocycles. The highest BCUT2D eigenvalue weighted by molar-refractivity contribution is 7.05. The Bertz CT molecular complexity index is 404. The van der Waals surface area contributed by atoms with E-state index in [2.05, 4.69) is 9.47 Å². The number of nitrogen functional groups attached to an aromatic ring is 1. The standard InChI is InChI=1S/C9H12N4S/c1-7-6-9(10)12-13(7)5-3-8-2-4-11-14-8/h2,4,6H,3,5H2,1H3,(H2,10,12). The van der Waals surface area contributed by atoms with Crippen molar-refractivity contribution in [1.29, 1.82) is 0 Å². The van der Waals surface area contributed by atoms with Gasteiger partial charge in [0.25, 0.3) is 0 Å². The van der Waals surface area contributed by atoms with Gasteiger partial charge in [0.1, 0.15) is 5.82 Å². The van der Waals surface area contributed by atoms with Crippen LogP contribution >= 0.6 is 11.5 Å². The molecule has 0 amide bonds. The quantitative estimate of drug-likeness (QED) is 0.831. The number of hydrogen-bond donors (Lipinski definition) is 1. The van der Waals surface area contributed by atoms with Crippen LogP contribution in [0.2, 0.25) is 0 Å². The fourth-order valence-electron chi connectivity index (χ4n) is 1.35. The topological polar surface area (TPSA) is 56.7 Å². The zero-order chi connectivity index (χ0) is 9.97. The van der Waals surface area contributed by atoms with Crippen LogP contribution in [0, 0.1) is 6.92 Å². The Hall–Kier alpha value is -1.36. The van der Waals surface area contributed by atoms with Crippen LogP contribution in [-0.4, -0.2) is 14.2 Å². The maximum atomic E-state index is 5.59. The van der Waals surface area contributed by atoms with E-state index in [0.717, 1.165) is 18.7 Å². The molecular formula is C9H12N4S. The van der Waals surface area contributed by atoms with Crippen LogP contribution in [0.4, 0.5) is 5.82 Å². The smallest absolute Gasteiger partial charge is 0.145 e. The van der Waals surface area contributed by atoms with Gasteiger partial charge in [-0.25, -0.2) is 4.37 Å². The Kier molecular flexibility index (Phi) is 2.49. The fraction of sp³-hybridized carbons (Fsp3) is 0.333. The molecule has 2 aromatic rings. The summed E-state index contributed by atoms with van der Waals surface area (Å²) in [6.07, 6.45) is 2.79. The predicted octanol–water partition coefficient (Wildman–Crippen LogP) is 1.47. The molecule has 2 aromatic heterocycles. The molecule has 0 unspecified atom stereocenters. The highest BCUT2D eigenvalue weighted by atomic mass is 32.1. The van der Waals surface area contributed by atoms with Gasteiger partial charge in [0.05, 0.1) is 0 Å². The van der Waals surface area contributed by atoms with E-state index in [9.17, 15) is 0 Å². The molecule has 4 nitrogen and oxygen atoms in total. The van der Waals surface area contributed by atoms with Crippen LogP contribution < -0.4 is 5.73 Å². The third kappa shape index (κ3) is 1.93. The van der Waals surface area contributed by atoms with Crippen LogP contribution in [0.1, 0.15) is 10.6 Å². The van der Waals surface area contributed by atoms with E-state index < -0.39 is 0 Å². The first kappa shape index (κ1) is 9.21. The van der Waals surface area contributed by atoms with Gasteiger partial charge in [-0.3, -0.25) is 4.68 Å². The second-order valence-electron chi connectivity index (χ2n) is 3.16. The van der Waals surface area contributed by atoms with Crippen molar-refractivity contribution in [2.75, 3.05) is 5.73 Å². The van der Waals surface area contributed by atoms with E-state index in [1.807, 2.05) is 29.9 Å². The summed E-state index contributed by atoms with van der Waals surface area (Å²) in [5.74, 6) is 0.590. The van der Waals surface area contributed by atoms with Crippen LogP contribution in [0.3, 0.4) is 0 Å². The minimum Gasteiger partial charge on any atom is -0.382 e. The summed E-state index contributed by atoms with van der Waals surface area (Å²) in [4.78, 5) is 1.28. The van der Waals surface area contributed by atoms with E-state index in [4.69, 9.17) is 5.73 Å². The maximum Gasteiger partial charge on any atom is 0.145 e. The number of rotatable bonds is 3. The van der Waals surface area contributed by atoms with Crippen LogP contribution in [-0.2, 0) is 13.0 Å². The van der Waals surface area contributed by atoms with Crippen molar-refractivity contribution in [3.63, 3.8) is 0 Å². The molecule has 0 aromatic carbocycles. The summed E-state index contributed by atoms with van der Waals surface area (Å²) in [7, 11) is 0. The number of hydrogen-bond acceptors (Lipinski definition) is 4. The average Bonchev–Trinajstić information content (AvgIpc) is 2.72. The lowest BCUT2D eigenvalue weighted by atomic mass is 10.3. The van der Waals surface area contributed by atoms with Gasteiger partial charge in [-0.15, -0.1) is 0 Å².